The van der Waals surface area contributed by atoms with Gasteiger partial charge in [-0.1, -0.05) is 30.4 Å². The highest BCUT2D eigenvalue weighted by Gasteiger charge is 2.44. The van der Waals surface area contributed by atoms with Crippen molar-refractivity contribution in [3.63, 3.8) is 0 Å². The van der Waals surface area contributed by atoms with Crippen LogP contribution in [0.1, 0.15) is 19.3 Å². The molecule has 0 amide bonds. The average molecular weight is 289 g/mol. The largest absolute Gasteiger partial charge is 0.375 e. The second-order valence-electron chi connectivity index (χ2n) is 6.50. The Morgan fingerprint density at radius 3 is 2.86 bits per heavy atom. The fraction of sp³-hybridized carbons (Fsp3) is 0.316. The summed E-state index contributed by atoms with van der Waals surface area (Å²) in [6.07, 6.45) is 9.81. The van der Waals surface area contributed by atoms with Crippen LogP contribution in [0.3, 0.4) is 0 Å². The molecule has 1 aliphatic carbocycles. The van der Waals surface area contributed by atoms with Crippen molar-refractivity contribution in [3.05, 3.63) is 70.0 Å². The lowest BCUT2D eigenvalue weighted by atomic mass is 9.74. The minimum Gasteiger partial charge on any atom is -0.375 e. The van der Waals surface area contributed by atoms with Crippen LogP contribution in [0.15, 0.2) is 64.5 Å². The minimum absolute atomic E-state index is 0.0389. The minimum atomic E-state index is 0.0389. The third kappa shape index (κ3) is 1.57. The number of hydrogen-bond donors (Lipinski definition) is 2. The van der Waals surface area contributed by atoms with E-state index in [1.54, 1.807) is 0 Å². The van der Waals surface area contributed by atoms with Gasteiger partial charge in [-0.2, -0.15) is 0 Å². The summed E-state index contributed by atoms with van der Waals surface area (Å²) in [5, 5.41) is 9.86. The summed E-state index contributed by atoms with van der Waals surface area (Å²) in [4.78, 5) is 5.01. The standard InChI is InChI=1S/C19H19N3/c1-3-7-15-13(5-1)17-18(21-15)14-6-2-4-8-16(14)22-19(17)9-11-20-12-10-19/h1-5,7-8,20,22H,6,9-12H2. The molecule has 1 aromatic carbocycles. The molecular weight excluding hydrogens is 270 g/mol. The monoisotopic (exact) mass is 289 g/mol. The van der Waals surface area contributed by atoms with E-state index in [0.29, 0.717) is 0 Å². The van der Waals surface area contributed by atoms with Crippen molar-refractivity contribution in [2.24, 2.45) is 4.99 Å². The molecule has 0 radical (unpaired) electrons. The first kappa shape index (κ1) is 12.4. The van der Waals surface area contributed by atoms with E-state index in [9.17, 15) is 0 Å². The van der Waals surface area contributed by atoms with Crippen LogP contribution in [0.2, 0.25) is 0 Å². The number of hydrogen-bond acceptors (Lipinski definition) is 3. The van der Waals surface area contributed by atoms with E-state index in [0.717, 1.165) is 37.7 Å². The van der Waals surface area contributed by atoms with Gasteiger partial charge in [-0.3, -0.25) is 0 Å². The van der Waals surface area contributed by atoms with Crippen molar-refractivity contribution in [1.82, 2.24) is 10.6 Å². The molecule has 1 saturated heterocycles. The third-order valence-corrected chi connectivity index (χ3v) is 5.28. The predicted octanol–water partition coefficient (Wildman–Crippen LogP) is 1.29. The van der Waals surface area contributed by atoms with Crippen molar-refractivity contribution >= 4 is 5.57 Å². The average Bonchev–Trinajstić information content (AvgIpc) is 2.96. The van der Waals surface area contributed by atoms with Crippen molar-refractivity contribution < 1.29 is 0 Å². The molecule has 0 atom stereocenters. The Labute approximate surface area is 129 Å². The highest BCUT2D eigenvalue weighted by Crippen LogP contribution is 2.43. The Bertz CT molecular complexity index is 864. The molecule has 1 aromatic rings. The van der Waals surface area contributed by atoms with Gasteiger partial charge in [0, 0.05) is 22.1 Å². The molecule has 1 spiro atoms. The second kappa shape index (κ2) is 4.43. The van der Waals surface area contributed by atoms with Gasteiger partial charge in [0.25, 0.3) is 0 Å². The number of benzene rings is 1. The first-order valence-electron chi connectivity index (χ1n) is 8.16. The maximum absolute atomic E-state index is 5.01. The van der Waals surface area contributed by atoms with Crippen LogP contribution < -0.4 is 21.2 Å². The second-order valence-corrected chi connectivity index (χ2v) is 6.50. The summed E-state index contributed by atoms with van der Waals surface area (Å²) in [6.45, 7) is 2.12. The molecule has 3 heterocycles. The van der Waals surface area contributed by atoms with Gasteiger partial charge in [0.2, 0.25) is 0 Å². The third-order valence-electron chi connectivity index (χ3n) is 5.28. The Kier molecular flexibility index (Phi) is 2.50. The lowest BCUT2D eigenvalue weighted by Gasteiger charge is -2.45. The van der Waals surface area contributed by atoms with E-state index in [4.69, 9.17) is 4.99 Å². The zero-order valence-corrected chi connectivity index (χ0v) is 12.5. The number of nitrogens with one attached hydrogen (secondary N) is 2. The SMILES string of the molecule is C1=CCC2=C3N=c4ccccc4=C3C3(CCNCC3)NC2=C1. The first-order chi connectivity index (χ1) is 10.9. The molecule has 3 aliphatic heterocycles. The number of fused-ring (bicyclic) bond motifs is 4. The number of allylic oxidation sites excluding steroid dienone is 4. The maximum atomic E-state index is 5.01. The molecule has 3 heteroatoms. The Hall–Kier alpha value is -2.13. The molecule has 3 nitrogen and oxygen atoms in total. The lowest BCUT2D eigenvalue weighted by Crippen LogP contribution is -2.56. The van der Waals surface area contributed by atoms with E-state index in [2.05, 4.69) is 53.1 Å². The van der Waals surface area contributed by atoms with E-state index in [-0.39, 0.29) is 5.54 Å². The molecule has 22 heavy (non-hydrogen) atoms. The van der Waals surface area contributed by atoms with Crippen LogP contribution in [0.5, 0.6) is 0 Å². The molecule has 4 aliphatic rings. The van der Waals surface area contributed by atoms with Gasteiger partial charge in [0.05, 0.1) is 16.6 Å². The van der Waals surface area contributed by atoms with Gasteiger partial charge in [-0.25, -0.2) is 4.99 Å². The van der Waals surface area contributed by atoms with E-state index >= 15 is 0 Å². The molecule has 110 valence electrons. The van der Waals surface area contributed by atoms with Gasteiger partial charge < -0.3 is 10.6 Å². The smallest absolute Gasteiger partial charge is 0.0755 e. The van der Waals surface area contributed by atoms with Gasteiger partial charge in [0.15, 0.2) is 0 Å². The summed E-state index contributed by atoms with van der Waals surface area (Å²) >= 11 is 0. The van der Waals surface area contributed by atoms with Gasteiger partial charge in [-0.15, -0.1) is 0 Å². The van der Waals surface area contributed by atoms with Gasteiger partial charge in [0.1, 0.15) is 0 Å². The zero-order valence-electron chi connectivity index (χ0n) is 12.5. The van der Waals surface area contributed by atoms with Gasteiger partial charge >= 0.3 is 0 Å². The molecule has 5 rings (SSSR count). The number of piperidine rings is 1. The Morgan fingerprint density at radius 1 is 1.09 bits per heavy atom. The topological polar surface area (TPSA) is 36.4 Å². The van der Waals surface area contributed by atoms with Crippen LogP contribution in [0.4, 0.5) is 0 Å². The molecule has 0 bridgehead atoms. The van der Waals surface area contributed by atoms with Gasteiger partial charge in [-0.05, 0) is 44.5 Å². The van der Waals surface area contributed by atoms with E-state index in [1.807, 2.05) is 0 Å². The lowest BCUT2D eigenvalue weighted by molar-refractivity contribution is 0.331. The molecular formula is C19H19N3. The first-order valence-corrected chi connectivity index (χ1v) is 8.16. The molecule has 2 N–H and O–H groups in total. The fourth-order valence-corrected chi connectivity index (χ4v) is 4.24. The summed E-state index contributed by atoms with van der Waals surface area (Å²) < 4.78 is 0. The van der Waals surface area contributed by atoms with E-state index < -0.39 is 0 Å². The summed E-state index contributed by atoms with van der Waals surface area (Å²) in [6, 6.07) is 8.60. The summed E-state index contributed by atoms with van der Waals surface area (Å²) in [7, 11) is 0. The van der Waals surface area contributed by atoms with Crippen LogP contribution in [0.25, 0.3) is 5.57 Å². The van der Waals surface area contributed by atoms with E-state index in [1.165, 1.54) is 27.8 Å². The summed E-state index contributed by atoms with van der Waals surface area (Å²) in [5.41, 5.74) is 5.35. The maximum Gasteiger partial charge on any atom is 0.0755 e. The number of rotatable bonds is 0. The van der Waals surface area contributed by atoms with Crippen molar-refractivity contribution in [3.8, 4) is 0 Å². The molecule has 0 unspecified atom stereocenters. The van der Waals surface area contributed by atoms with Crippen molar-refractivity contribution in [2.75, 3.05) is 13.1 Å². The normalized spacial score (nSPS) is 24.2. The predicted molar refractivity (Wildman–Crippen MR) is 87.5 cm³/mol. The number of para-hydroxylation sites is 1. The fourth-order valence-electron chi connectivity index (χ4n) is 4.24. The van der Waals surface area contributed by atoms with Crippen LogP contribution >= 0.6 is 0 Å². The molecule has 0 aromatic heterocycles. The van der Waals surface area contributed by atoms with Crippen molar-refractivity contribution in [2.45, 2.75) is 24.8 Å². The Balaban J connectivity index is 1.86. The van der Waals surface area contributed by atoms with Crippen LogP contribution in [-0.4, -0.2) is 18.6 Å². The van der Waals surface area contributed by atoms with Crippen molar-refractivity contribution in [1.29, 1.82) is 0 Å². The highest BCUT2D eigenvalue weighted by molar-refractivity contribution is 5.79. The van der Waals surface area contributed by atoms with Crippen LogP contribution in [0, 0.1) is 0 Å². The van der Waals surface area contributed by atoms with Crippen LogP contribution in [-0.2, 0) is 0 Å². The molecule has 0 saturated carbocycles. The zero-order chi connectivity index (χ0) is 14.6. The number of nitrogens with zero attached hydrogens (tertiary/aromatic N) is 1. The molecule has 1 fully saturated rings. The quantitative estimate of drug-likeness (QED) is 0.755. The highest BCUT2D eigenvalue weighted by atomic mass is 15.1. The Morgan fingerprint density at radius 2 is 1.95 bits per heavy atom. The summed E-state index contributed by atoms with van der Waals surface area (Å²) in [5.74, 6) is 0.